The molecule has 1 atom stereocenters. The molecule has 0 aliphatic heterocycles. The molecule has 1 unspecified atom stereocenters. The Hall–Kier alpha value is -2.01. The minimum absolute atomic E-state index is 0.406. The molecule has 6 heteroatoms. The normalized spacial score (nSPS) is 12.8. The first-order chi connectivity index (χ1) is 9.88. The van der Waals surface area contributed by atoms with Gasteiger partial charge in [0.2, 0.25) is 0 Å². The Morgan fingerprint density at radius 2 is 1.48 bits per heavy atom. The fraction of sp³-hybridized carbons (Fsp3) is 0.133. The van der Waals surface area contributed by atoms with Gasteiger partial charge < -0.3 is 4.74 Å². The van der Waals surface area contributed by atoms with Crippen LogP contribution in [0.15, 0.2) is 54.6 Å². The second kappa shape index (κ2) is 6.18. The molecule has 21 heavy (non-hydrogen) atoms. The molecule has 0 aromatic heterocycles. The number of hydrogen-bond donors (Lipinski definition) is 0. The van der Waals surface area contributed by atoms with E-state index in [2.05, 4.69) is 4.74 Å². The van der Waals surface area contributed by atoms with Gasteiger partial charge in [-0.3, -0.25) is 0 Å². The highest BCUT2D eigenvalue weighted by atomic mass is 35.5. The number of halogens is 4. The van der Waals surface area contributed by atoms with Crippen molar-refractivity contribution >= 4 is 17.6 Å². The van der Waals surface area contributed by atoms with E-state index in [0.29, 0.717) is 16.1 Å². The van der Waals surface area contributed by atoms with E-state index in [0.717, 1.165) is 0 Å². The Labute approximate surface area is 124 Å². The third-order valence-corrected chi connectivity index (χ3v) is 2.98. The molecule has 0 bridgehead atoms. The molecular formula is C15H10ClF3O2. The summed E-state index contributed by atoms with van der Waals surface area (Å²) in [4.78, 5) is 11.1. The Bertz CT molecular complexity index is 609. The number of ether oxygens (including phenoxy) is 1. The van der Waals surface area contributed by atoms with Crippen molar-refractivity contribution in [1.29, 1.82) is 0 Å². The van der Waals surface area contributed by atoms with Crippen molar-refractivity contribution in [2.75, 3.05) is 0 Å². The summed E-state index contributed by atoms with van der Waals surface area (Å²) in [5.74, 6) is -2.23. The van der Waals surface area contributed by atoms with Gasteiger partial charge in [-0.1, -0.05) is 54.1 Å². The van der Waals surface area contributed by atoms with Crippen LogP contribution in [-0.2, 0) is 9.53 Å². The maximum absolute atomic E-state index is 12.4. The smallest absolute Gasteiger partial charge is 0.446 e. The molecule has 0 N–H and O–H groups in total. The third kappa shape index (κ3) is 3.98. The number of carbonyl (C=O) groups is 1. The lowest BCUT2D eigenvalue weighted by atomic mass is 10.0. The van der Waals surface area contributed by atoms with E-state index in [4.69, 9.17) is 11.6 Å². The molecule has 0 saturated carbocycles. The predicted molar refractivity (Wildman–Crippen MR) is 71.9 cm³/mol. The van der Waals surface area contributed by atoms with Gasteiger partial charge in [0.05, 0.1) is 0 Å². The zero-order chi connectivity index (χ0) is 15.5. The Morgan fingerprint density at radius 3 is 2.00 bits per heavy atom. The van der Waals surface area contributed by atoms with E-state index < -0.39 is 18.2 Å². The topological polar surface area (TPSA) is 26.3 Å². The Balaban J connectivity index is 2.36. The second-order valence-electron chi connectivity index (χ2n) is 4.25. The first-order valence-corrected chi connectivity index (χ1v) is 6.34. The van der Waals surface area contributed by atoms with Crippen LogP contribution in [0.25, 0.3) is 0 Å². The standard InChI is InChI=1S/C15H10ClF3O2/c16-12-8-6-11(7-9-12)13(10-4-2-1-3-5-10)21-14(20)15(17,18)19/h1-9,13H. The molecule has 0 radical (unpaired) electrons. The molecule has 2 nitrogen and oxygen atoms in total. The van der Waals surface area contributed by atoms with Crippen molar-refractivity contribution in [3.05, 3.63) is 70.7 Å². The van der Waals surface area contributed by atoms with Crippen molar-refractivity contribution in [3.63, 3.8) is 0 Å². The minimum atomic E-state index is -5.04. The number of hydrogen-bond acceptors (Lipinski definition) is 2. The SMILES string of the molecule is O=C(OC(c1ccccc1)c1ccc(Cl)cc1)C(F)(F)F. The van der Waals surface area contributed by atoms with Crippen LogP contribution in [0.5, 0.6) is 0 Å². The van der Waals surface area contributed by atoms with Gasteiger partial charge in [0, 0.05) is 5.02 Å². The molecule has 110 valence electrons. The van der Waals surface area contributed by atoms with Gasteiger partial charge in [-0.05, 0) is 23.3 Å². The molecule has 2 rings (SSSR count). The summed E-state index contributed by atoms with van der Waals surface area (Å²) < 4.78 is 41.8. The highest BCUT2D eigenvalue weighted by Crippen LogP contribution is 2.30. The van der Waals surface area contributed by atoms with Gasteiger partial charge in [-0.25, -0.2) is 4.79 Å². The van der Waals surface area contributed by atoms with Crippen molar-refractivity contribution < 1.29 is 22.7 Å². The Kier molecular flexibility index (Phi) is 4.53. The lowest BCUT2D eigenvalue weighted by Crippen LogP contribution is -2.27. The highest BCUT2D eigenvalue weighted by molar-refractivity contribution is 6.30. The lowest BCUT2D eigenvalue weighted by molar-refractivity contribution is -0.203. The highest BCUT2D eigenvalue weighted by Gasteiger charge is 2.42. The summed E-state index contributed by atoms with van der Waals surface area (Å²) in [5.41, 5.74) is 0.848. The minimum Gasteiger partial charge on any atom is -0.446 e. The van der Waals surface area contributed by atoms with Crippen LogP contribution in [-0.4, -0.2) is 12.1 Å². The monoisotopic (exact) mass is 314 g/mol. The maximum atomic E-state index is 12.4. The van der Waals surface area contributed by atoms with E-state index in [1.807, 2.05) is 0 Å². The van der Waals surface area contributed by atoms with Gasteiger partial charge in [-0.15, -0.1) is 0 Å². The van der Waals surface area contributed by atoms with Gasteiger partial charge >= 0.3 is 12.1 Å². The third-order valence-electron chi connectivity index (χ3n) is 2.73. The van der Waals surface area contributed by atoms with Crippen LogP contribution >= 0.6 is 11.6 Å². The zero-order valence-electron chi connectivity index (χ0n) is 10.6. The number of alkyl halides is 3. The van der Waals surface area contributed by atoms with E-state index >= 15 is 0 Å². The van der Waals surface area contributed by atoms with Crippen molar-refractivity contribution in [1.82, 2.24) is 0 Å². The predicted octanol–water partition coefficient (Wildman–Crippen LogP) is 4.53. The molecule has 0 aliphatic rings. The quantitative estimate of drug-likeness (QED) is 0.778. The average Bonchev–Trinajstić information content (AvgIpc) is 2.45. The molecule has 0 spiro atoms. The summed E-state index contributed by atoms with van der Waals surface area (Å²) >= 11 is 5.75. The van der Waals surface area contributed by atoms with Crippen LogP contribution in [0.1, 0.15) is 17.2 Å². The van der Waals surface area contributed by atoms with Crippen LogP contribution in [0.4, 0.5) is 13.2 Å². The second-order valence-corrected chi connectivity index (χ2v) is 4.68. The summed E-state index contributed by atoms with van der Waals surface area (Å²) in [6.07, 6.45) is -6.18. The maximum Gasteiger partial charge on any atom is 0.490 e. The fourth-order valence-electron chi connectivity index (χ4n) is 1.77. The van der Waals surface area contributed by atoms with Crippen molar-refractivity contribution in [2.24, 2.45) is 0 Å². The summed E-state index contributed by atoms with van der Waals surface area (Å²) in [6, 6.07) is 14.3. The zero-order valence-corrected chi connectivity index (χ0v) is 11.4. The first kappa shape index (κ1) is 15.4. The van der Waals surface area contributed by atoms with Crippen LogP contribution in [0.3, 0.4) is 0 Å². The van der Waals surface area contributed by atoms with E-state index in [1.165, 1.54) is 24.3 Å². The molecule has 0 amide bonds. The van der Waals surface area contributed by atoms with Gasteiger partial charge in [0.1, 0.15) is 0 Å². The molecular weight excluding hydrogens is 305 g/mol. The summed E-state index contributed by atoms with van der Waals surface area (Å²) in [7, 11) is 0. The number of esters is 1. The molecule has 0 fully saturated rings. The Morgan fingerprint density at radius 1 is 0.952 bits per heavy atom. The van der Waals surface area contributed by atoms with Gasteiger partial charge in [-0.2, -0.15) is 13.2 Å². The fourth-order valence-corrected chi connectivity index (χ4v) is 1.89. The van der Waals surface area contributed by atoms with Crippen molar-refractivity contribution in [2.45, 2.75) is 12.3 Å². The number of rotatable bonds is 3. The summed E-state index contributed by atoms with van der Waals surface area (Å²) in [5, 5.41) is 0.438. The number of benzene rings is 2. The van der Waals surface area contributed by atoms with Crippen LogP contribution in [0, 0.1) is 0 Å². The molecule has 2 aromatic carbocycles. The summed E-state index contributed by atoms with van der Waals surface area (Å²) in [6.45, 7) is 0. The van der Waals surface area contributed by atoms with Crippen LogP contribution < -0.4 is 0 Å². The van der Waals surface area contributed by atoms with Gasteiger partial charge in [0.15, 0.2) is 6.10 Å². The van der Waals surface area contributed by atoms with Crippen molar-refractivity contribution in [3.8, 4) is 0 Å². The van der Waals surface area contributed by atoms with Crippen LogP contribution in [0.2, 0.25) is 5.02 Å². The molecule has 0 saturated heterocycles. The van der Waals surface area contributed by atoms with E-state index in [1.54, 1.807) is 30.3 Å². The lowest BCUT2D eigenvalue weighted by Gasteiger charge is -2.19. The average molecular weight is 315 g/mol. The largest absolute Gasteiger partial charge is 0.490 e. The first-order valence-electron chi connectivity index (χ1n) is 5.96. The van der Waals surface area contributed by atoms with E-state index in [9.17, 15) is 18.0 Å². The molecule has 2 aromatic rings. The van der Waals surface area contributed by atoms with Gasteiger partial charge in [0.25, 0.3) is 0 Å². The van der Waals surface area contributed by atoms with E-state index in [-0.39, 0.29) is 0 Å². The number of carbonyl (C=O) groups excluding carboxylic acids is 1. The molecule has 0 aliphatic carbocycles. The molecule has 0 heterocycles.